The third kappa shape index (κ3) is 19.0. The molecule has 0 radical (unpaired) electrons. The molecule has 0 aliphatic heterocycles. The van der Waals surface area contributed by atoms with Crippen molar-refractivity contribution in [2.75, 3.05) is 33.5 Å². The molecule has 1 N–H and O–H groups in total. The molecule has 0 bridgehead atoms. The summed E-state index contributed by atoms with van der Waals surface area (Å²) in [6.07, 6.45) is 13.2. The van der Waals surface area contributed by atoms with Crippen molar-refractivity contribution in [2.45, 2.75) is 109 Å². The van der Waals surface area contributed by atoms with Gasteiger partial charge in [0, 0.05) is 13.0 Å². The number of rotatable bonds is 32. The molecule has 6 aromatic carbocycles. The number of nitrogens with one attached hydrogen (secondary N) is 1. The Labute approximate surface area is 426 Å². The zero-order chi connectivity index (χ0) is 50.4. The minimum absolute atomic E-state index is 0.226. The summed E-state index contributed by atoms with van der Waals surface area (Å²) in [6.45, 7) is 2.31. The summed E-state index contributed by atoms with van der Waals surface area (Å²) >= 11 is 0. The van der Waals surface area contributed by atoms with Gasteiger partial charge in [-0.25, -0.2) is 0 Å². The molecule has 374 valence electrons. The molecule has 1 amide bonds. The Kier molecular flexibility index (Phi) is 23.1. The quantitative estimate of drug-likeness (QED) is 0.0323. The molecule has 0 saturated heterocycles. The highest BCUT2D eigenvalue weighted by atomic mass is 16.5. The number of nitrogens with zero attached hydrogens (tertiary/aromatic N) is 2. The largest absolute Gasteiger partial charge is 0.497 e. The number of benzene rings is 6. The van der Waals surface area contributed by atoms with Crippen LogP contribution in [0.5, 0.6) is 23.0 Å². The molecule has 1 atom stereocenters. The van der Waals surface area contributed by atoms with Gasteiger partial charge < -0.3 is 29.0 Å². The van der Waals surface area contributed by atoms with Gasteiger partial charge in [0.05, 0.1) is 50.2 Å². The third-order valence-electron chi connectivity index (χ3n) is 12.6. The fourth-order valence-corrected chi connectivity index (χ4v) is 8.29. The summed E-state index contributed by atoms with van der Waals surface area (Å²) in [5.41, 5.74) is 7.74. The van der Waals surface area contributed by atoms with E-state index in [9.17, 15) is 9.59 Å². The summed E-state index contributed by atoms with van der Waals surface area (Å²) < 4.78 is 29.0. The third-order valence-corrected chi connectivity index (χ3v) is 12.6. The first-order chi connectivity index (χ1) is 35.4. The van der Waals surface area contributed by atoms with Crippen LogP contribution in [-0.4, -0.2) is 51.5 Å². The van der Waals surface area contributed by atoms with E-state index < -0.39 is 6.10 Å². The van der Waals surface area contributed by atoms with Crippen LogP contribution in [-0.2, 0) is 14.3 Å². The molecule has 72 heavy (non-hydrogen) atoms. The summed E-state index contributed by atoms with van der Waals surface area (Å²) in [5, 5.41) is 21.2. The van der Waals surface area contributed by atoms with Crippen LogP contribution in [0.25, 0.3) is 33.4 Å². The van der Waals surface area contributed by atoms with Crippen molar-refractivity contribution in [2.24, 2.45) is 0 Å². The number of unbranched alkanes of at least 4 members (excludes halogenated alkanes) is 11. The molecule has 0 aliphatic carbocycles. The maximum atomic E-state index is 13.4. The number of esters is 1. The Balaban J connectivity index is 0.842. The average Bonchev–Trinajstić information content (AvgIpc) is 3.43. The monoisotopic (exact) mass is 968 g/mol. The van der Waals surface area contributed by atoms with Gasteiger partial charge in [-0.2, -0.15) is 10.5 Å². The summed E-state index contributed by atoms with van der Waals surface area (Å²) in [7, 11) is 1.67. The minimum atomic E-state index is -0.803. The Morgan fingerprint density at radius 1 is 0.431 bits per heavy atom. The second-order valence-corrected chi connectivity index (χ2v) is 18.0. The van der Waals surface area contributed by atoms with Crippen LogP contribution in [0.2, 0.25) is 0 Å². The fourth-order valence-electron chi connectivity index (χ4n) is 8.29. The first kappa shape index (κ1) is 53.8. The van der Waals surface area contributed by atoms with Gasteiger partial charge in [-0.15, -0.1) is 0 Å². The molecule has 1 unspecified atom stereocenters. The van der Waals surface area contributed by atoms with Gasteiger partial charge in [0.2, 0.25) is 0 Å². The molecule has 6 aromatic rings. The SMILES string of the molecule is COc1ccc(-c2ccc(OCCCCCCCCCCC(OC(=O)CCCCCOc3ccc(-c4ccc(C#N)cc4)cc3)C(=O)NCCCCCOc3ccc(-c4ccc(C#N)cc4)cc3)cc2)cc1. The highest BCUT2D eigenvalue weighted by Gasteiger charge is 2.22. The molecule has 0 spiro atoms. The molecule has 0 aliphatic rings. The van der Waals surface area contributed by atoms with Crippen LogP contribution in [0.4, 0.5) is 0 Å². The second kappa shape index (κ2) is 30.9. The van der Waals surface area contributed by atoms with Gasteiger partial charge >= 0.3 is 5.97 Å². The van der Waals surface area contributed by atoms with Gasteiger partial charge in [0.25, 0.3) is 5.91 Å². The van der Waals surface area contributed by atoms with Crippen LogP contribution in [0.1, 0.15) is 114 Å². The summed E-state index contributed by atoms with van der Waals surface area (Å²) in [6, 6.07) is 51.4. The Bertz CT molecular complexity index is 2580. The lowest BCUT2D eigenvalue weighted by atomic mass is 10.0. The van der Waals surface area contributed by atoms with Crippen molar-refractivity contribution < 1.29 is 33.3 Å². The topological polar surface area (TPSA) is 140 Å². The lowest BCUT2D eigenvalue weighted by Gasteiger charge is -2.18. The smallest absolute Gasteiger partial charge is 0.306 e. The predicted octanol–water partition coefficient (Wildman–Crippen LogP) is 14.2. The van der Waals surface area contributed by atoms with Crippen LogP contribution in [0.15, 0.2) is 146 Å². The van der Waals surface area contributed by atoms with E-state index in [1.54, 1.807) is 7.11 Å². The Hall–Kier alpha value is -7.56. The number of nitriles is 2. The lowest BCUT2D eigenvalue weighted by molar-refractivity contribution is -0.156. The molecule has 0 heterocycles. The second-order valence-electron chi connectivity index (χ2n) is 18.0. The first-order valence-electron chi connectivity index (χ1n) is 25.7. The maximum absolute atomic E-state index is 13.4. The average molecular weight is 968 g/mol. The number of amides is 1. The number of carbonyl (C=O) groups excluding carboxylic acids is 2. The van der Waals surface area contributed by atoms with Crippen LogP contribution in [0.3, 0.4) is 0 Å². The Morgan fingerprint density at radius 3 is 1.15 bits per heavy atom. The zero-order valence-corrected chi connectivity index (χ0v) is 41.8. The standard InChI is InChI=1S/C62H69N3O7/c1-68-56-34-26-52(27-35-56)55-32-40-57(41-33-55)69-43-13-7-5-3-2-4-6-10-16-60(62(67)65-42-12-9-15-45-71-59-38-30-54(31-39-59)51-24-20-49(47-64)21-25-51)72-61(66)17-11-8-14-44-70-58-36-28-53(29-37-58)50-22-18-48(46-63)19-23-50/h18-41,60H,2-17,42-45H2,1H3,(H,65,67). The van der Waals surface area contributed by atoms with Gasteiger partial charge in [0.15, 0.2) is 6.10 Å². The fraction of sp³-hybridized carbons (Fsp3) is 0.355. The van der Waals surface area contributed by atoms with E-state index in [0.717, 1.165) is 140 Å². The number of ether oxygens (including phenoxy) is 5. The number of hydrogen-bond acceptors (Lipinski definition) is 9. The normalized spacial score (nSPS) is 11.2. The maximum Gasteiger partial charge on any atom is 0.306 e. The molecule has 10 heteroatoms. The van der Waals surface area contributed by atoms with Crippen molar-refractivity contribution >= 4 is 11.9 Å². The number of hydrogen-bond donors (Lipinski definition) is 1. The van der Waals surface area contributed by atoms with E-state index in [1.807, 2.05) is 121 Å². The van der Waals surface area contributed by atoms with Crippen LogP contribution >= 0.6 is 0 Å². The van der Waals surface area contributed by atoms with Crippen molar-refractivity contribution in [1.82, 2.24) is 5.32 Å². The number of methoxy groups -OCH3 is 1. The molecule has 0 saturated carbocycles. The van der Waals surface area contributed by atoms with Crippen molar-refractivity contribution in [3.63, 3.8) is 0 Å². The Morgan fingerprint density at radius 2 is 0.764 bits per heavy atom. The van der Waals surface area contributed by atoms with Crippen LogP contribution in [0, 0.1) is 22.7 Å². The molecule has 0 fully saturated rings. The van der Waals surface area contributed by atoms with E-state index >= 15 is 0 Å². The van der Waals surface area contributed by atoms with E-state index in [0.29, 0.717) is 50.3 Å². The first-order valence-corrected chi connectivity index (χ1v) is 25.7. The highest BCUT2D eigenvalue weighted by Crippen LogP contribution is 2.27. The number of carbonyl (C=O) groups is 2. The minimum Gasteiger partial charge on any atom is -0.497 e. The predicted molar refractivity (Wildman–Crippen MR) is 285 cm³/mol. The van der Waals surface area contributed by atoms with Crippen LogP contribution < -0.4 is 24.3 Å². The lowest BCUT2D eigenvalue weighted by Crippen LogP contribution is -2.38. The van der Waals surface area contributed by atoms with E-state index in [-0.39, 0.29) is 18.3 Å². The van der Waals surface area contributed by atoms with E-state index in [2.05, 4.69) is 41.7 Å². The van der Waals surface area contributed by atoms with E-state index in [1.165, 1.54) is 0 Å². The molecule has 10 nitrogen and oxygen atoms in total. The highest BCUT2D eigenvalue weighted by molar-refractivity contribution is 5.83. The molecular formula is C62H69N3O7. The van der Waals surface area contributed by atoms with Gasteiger partial charge in [-0.1, -0.05) is 111 Å². The van der Waals surface area contributed by atoms with Gasteiger partial charge in [-0.05, 0) is 164 Å². The summed E-state index contributed by atoms with van der Waals surface area (Å²) in [4.78, 5) is 26.4. The van der Waals surface area contributed by atoms with Gasteiger partial charge in [-0.3, -0.25) is 9.59 Å². The summed E-state index contributed by atoms with van der Waals surface area (Å²) in [5.74, 6) is 2.74. The van der Waals surface area contributed by atoms with Crippen molar-refractivity contribution in [3.05, 3.63) is 157 Å². The van der Waals surface area contributed by atoms with E-state index in [4.69, 9.17) is 34.2 Å². The zero-order valence-electron chi connectivity index (χ0n) is 41.8. The molecule has 6 rings (SSSR count). The molecular weight excluding hydrogens is 899 g/mol. The van der Waals surface area contributed by atoms with Crippen molar-refractivity contribution in [3.8, 4) is 68.5 Å². The van der Waals surface area contributed by atoms with Gasteiger partial charge in [0.1, 0.15) is 23.0 Å². The van der Waals surface area contributed by atoms with Crippen molar-refractivity contribution in [1.29, 1.82) is 10.5 Å². The molecule has 0 aromatic heterocycles.